The Bertz CT molecular complexity index is 672. The minimum Gasteiger partial charge on any atom is -0.356 e. The van der Waals surface area contributed by atoms with Gasteiger partial charge in [0.15, 0.2) is 12.1 Å². The summed E-state index contributed by atoms with van der Waals surface area (Å²) < 4.78 is 11.8. The molecule has 0 aliphatic heterocycles. The van der Waals surface area contributed by atoms with Gasteiger partial charge in [0.25, 0.3) is 0 Å². The molecule has 2 aromatic rings. The van der Waals surface area contributed by atoms with E-state index < -0.39 is 12.2 Å². The number of aromatic nitrogens is 2. The fraction of sp³-hybridized carbons (Fsp3) is 0.353. The Morgan fingerprint density at radius 2 is 2.00 bits per heavy atom. The molecule has 0 saturated heterocycles. The summed E-state index contributed by atoms with van der Waals surface area (Å²) in [5.74, 6) is -1.10. The van der Waals surface area contributed by atoms with E-state index in [1.54, 1.807) is 10.9 Å². The maximum Gasteiger partial charge on any atom is 0.183 e. The van der Waals surface area contributed by atoms with Gasteiger partial charge < -0.3 is 9.47 Å². The van der Waals surface area contributed by atoms with E-state index >= 15 is 0 Å². The lowest BCUT2D eigenvalue weighted by molar-refractivity contribution is -0.109. The second-order valence-electron chi connectivity index (χ2n) is 5.09. The van der Waals surface area contributed by atoms with Crippen molar-refractivity contribution >= 4 is 5.78 Å². The molecule has 0 spiro atoms. The summed E-state index contributed by atoms with van der Waals surface area (Å²) in [4.78, 5) is 12.4. The van der Waals surface area contributed by atoms with Crippen LogP contribution in [0.1, 0.15) is 22.3 Å². The Hall–Kier alpha value is -2.49. The lowest BCUT2D eigenvalue weighted by Gasteiger charge is -2.15. The quantitative estimate of drug-likeness (QED) is 0.552. The van der Waals surface area contributed by atoms with Gasteiger partial charge in [-0.2, -0.15) is 10.4 Å². The van der Waals surface area contributed by atoms with Crippen molar-refractivity contribution in [3.63, 3.8) is 0 Å². The van der Waals surface area contributed by atoms with Gasteiger partial charge in [-0.05, 0) is 5.56 Å². The molecular weight excluding hydrogens is 294 g/mol. The van der Waals surface area contributed by atoms with Crippen molar-refractivity contribution in [2.45, 2.75) is 19.3 Å². The van der Waals surface area contributed by atoms with E-state index in [0.29, 0.717) is 12.1 Å². The van der Waals surface area contributed by atoms with Gasteiger partial charge >= 0.3 is 0 Å². The fourth-order valence-corrected chi connectivity index (χ4v) is 2.25. The lowest BCUT2D eigenvalue weighted by atomic mass is 9.97. The standard InChI is InChI=1S/C17H19N3O3/c1-22-16(23-2)8-14(9-18)17(21)15-10-19-20(12-15)11-13-6-4-3-5-7-13/h3-7,10,12,14,16H,8,11H2,1-2H3. The van der Waals surface area contributed by atoms with Crippen LogP contribution in [0.3, 0.4) is 0 Å². The highest BCUT2D eigenvalue weighted by Gasteiger charge is 2.25. The first-order valence-electron chi connectivity index (χ1n) is 7.23. The summed E-state index contributed by atoms with van der Waals surface area (Å²) in [5.41, 5.74) is 1.50. The number of hydrogen-bond acceptors (Lipinski definition) is 5. The Morgan fingerprint density at radius 3 is 2.61 bits per heavy atom. The molecule has 0 fully saturated rings. The van der Waals surface area contributed by atoms with Crippen LogP contribution in [0.25, 0.3) is 0 Å². The summed E-state index contributed by atoms with van der Waals surface area (Å²) in [7, 11) is 2.95. The monoisotopic (exact) mass is 313 g/mol. The summed E-state index contributed by atoms with van der Waals surface area (Å²) in [6.07, 6.45) is 2.76. The molecule has 0 bridgehead atoms. The minimum atomic E-state index is -0.825. The number of nitrogens with zero attached hydrogens (tertiary/aromatic N) is 3. The van der Waals surface area contributed by atoms with E-state index in [0.717, 1.165) is 5.56 Å². The molecule has 0 aliphatic rings. The van der Waals surface area contributed by atoms with E-state index in [9.17, 15) is 10.1 Å². The number of carbonyl (C=O) groups is 1. The van der Waals surface area contributed by atoms with E-state index in [2.05, 4.69) is 5.10 Å². The summed E-state index contributed by atoms with van der Waals surface area (Å²) in [6, 6.07) is 11.8. The molecule has 6 heteroatoms. The number of nitriles is 1. The Labute approximate surface area is 135 Å². The molecule has 0 N–H and O–H groups in total. The number of carbonyl (C=O) groups excluding carboxylic acids is 1. The molecule has 0 aliphatic carbocycles. The van der Waals surface area contributed by atoms with Crippen molar-refractivity contribution in [2.24, 2.45) is 5.92 Å². The van der Waals surface area contributed by atoms with Crippen LogP contribution in [-0.4, -0.2) is 36.1 Å². The zero-order valence-electron chi connectivity index (χ0n) is 13.2. The molecule has 0 amide bonds. The molecule has 1 unspecified atom stereocenters. The van der Waals surface area contributed by atoms with E-state index in [-0.39, 0.29) is 12.2 Å². The van der Waals surface area contributed by atoms with Gasteiger partial charge in [0.1, 0.15) is 5.92 Å². The average Bonchev–Trinajstić information content (AvgIpc) is 3.05. The summed E-state index contributed by atoms with van der Waals surface area (Å²) in [6.45, 7) is 0.574. The van der Waals surface area contributed by atoms with Gasteiger partial charge in [-0.3, -0.25) is 9.48 Å². The topological polar surface area (TPSA) is 77.1 Å². The summed E-state index contributed by atoms with van der Waals surface area (Å²) >= 11 is 0. The van der Waals surface area contributed by atoms with Crippen LogP contribution in [0.5, 0.6) is 0 Å². The van der Waals surface area contributed by atoms with Crippen LogP contribution in [0, 0.1) is 17.2 Å². The third kappa shape index (κ3) is 4.49. The van der Waals surface area contributed by atoms with Gasteiger partial charge in [0, 0.05) is 26.8 Å². The van der Waals surface area contributed by atoms with Crippen molar-refractivity contribution in [3.8, 4) is 6.07 Å². The molecule has 1 aromatic heterocycles. The number of benzene rings is 1. The molecule has 2 rings (SSSR count). The Balaban J connectivity index is 2.06. The van der Waals surface area contributed by atoms with Crippen molar-refractivity contribution in [1.29, 1.82) is 5.26 Å². The predicted octanol–water partition coefficient (Wildman–Crippen LogP) is 2.26. The maximum absolute atomic E-state index is 12.4. The summed E-state index contributed by atoms with van der Waals surface area (Å²) in [5, 5.41) is 13.4. The molecular formula is C17H19N3O3. The van der Waals surface area contributed by atoms with E-state index in [1.165, 1.54) is 20.4 Å². The first kappa shape index (κ1) is 16.9. The largest absolute Gasteiger partial charge is 0.356 e. The van der Waals surface area contributed by atoms with Crippen LogP contribution >= 0.6 is 0 Å². The molecule has 1 aromatic carbocycles. The van der Waals surface area contributed by atoms with Crippen LogP contribution < -0.4 is 0 Å². The van der Waals surface area contributed by atoms with Crippen LogP contribution in [0.4, 0.5) is 0 Å². The Morgan fingerprint density at radius 1 is 1.30 bits per heavy atom. The van der Waals surface area contributed by atoms with Crippen LogP contribution in [0.2, 0.25) is 0 Å². The predicted molar refractivity (Wildman–Crippen MR) is 83.6 cm³/mol. The van der Waals surface area contributed by atoms with Gasteiger partial charge in [-0.15, -0.1) is 0 Å². The lowest BCUT2D eigenvalue weighted by Crippen LogP contribution is -2.22. The van der Waals surface area contributed by atoms with Crippen LogP contribution in [-0.2, 0) is 16.0 Å². The maximum atomic E-state index is 12.4. The first-order valence-corrected chi connectivity index (χ1v) is 7.23. The number of methoxy groups -OCH3 is 2. The normalized spacial score (nSPS) is 12.1. The van der Waals surface area contributed by atoms with Gasteiger partial charge in [-0.1, -0.05) is 30.3 Å². The molecule has 6 nitrogen and oxygen atoms in total. The first-order chi connectivity index (χ1) is 11.2. The zero-order chi connectivity index (χ0) is 16.7. The highest BCUT2D eigenvalue weighted by Crippen LogP contribution is 2.16. The van der Waals surface area contributed by atoms with Crippen LogP contribution in [0.15, 0.2) is 42.7 Å². The molecule has 0 radical (unpaired) electrons. The fourth-order valence-electron chi connectivity index (χ4n) is 2.25. The molecule has 0 saturated carbocycles. The van der Waals surface area contributed by atoms with Gasteiger partial charge in [0.05, 0.1) is 24.4 Å². The third-order valence-electron chi connectivity index (χ3n) is 3.53. The number of rotatable bonds is 8. The molecule has 1 heterocycles. The molecule has 1 atom stereocenters. The molecule has 23 heavy (non-hydrogen) atoms. The number of ether oxygens (including phenoxy) is 2. The average molecular weight is 313 g/mol. The van der Waals surface area contributed by atoms with Crippen molar-refractivity contribution in [1.82, 2.24) is 9.78 Å². The molecule has 120 valence electrons. The van der Waals surface area contributed by atoms with Gasteiger partial charge in [0.2, 0.25) is 0 Å². The number of ketones is 1. The van der Waals surface area contributed by atoms with E-state index in [1.807, 2.05) is 36.4 Å². The highest BCUT2D eigenvalue weighted by molar-refractivity contribution is 5.98. The SMILES string of the molecule is COC(CC(C#N)C(=O)c1cnn(Cc2ccccc2)c1)OC. The number of hydrogen-bond donors (Lipinski definition) is 0. The zero-order valence-corrected chi connectivity index (χ0v) is 13.2. The number of Topliss-reactive ketones (excluding diaryl/α,β-unsaturated/α-hetero) is 1. The van der Waals surface area contributed by atoms with E-state index in [4.69, 9.17) is 9.47 Å². The third-order valence-corrected chi connectivity index (χ3v) is 3.53. The van der Waals surface area contributed by atoms with Gasteiger partial charge in [-0.25, -0.2) is 0 Å². The second-order valence-corrected chi connectivity index (χ2v) is 5.09. The smallest absolute Gasteiger partial charge is 0.183 e. The second kappa shape index (κ2) is 8.22. The van der Waals surface area contributed by atoms with Crippen molar-refractivity contribution in [3.05, 3.63) is 53.9 Å². The van der Waals surface area contributed by atoms with Crippen molar-refractivity contribution in [2.75, 3.05) is 14.2 Å². The Kier molecular flexibility index (Phi) is 6.03. The van der Waals surface area contributed by atoms with Crippen molar-refractivity contribution < 1.29 is 14.3 Å². The minimum absolute atomic E-state index is 0.187. The highest BCUT2D eigenvalue weighted by atomic mass is 16.7.